The van der Waals surface area contributed by atoms with Crippen LogP contribution in [0.5, 0.6) is 11.5 Å². The Kier molecular flexibility index (Phi) is 11.9. The van der Waals surface area contributed by atoms with Gasteiger partial charge in [-0.15, -0.1) is 0 Å². The first-order valence-electron chi connectivity index (χ1n) is 15.4. The van der Waals surface area contributed by atoms with Gasteiger partial charge in [-0.25, -0.2) is 4.98 Å². The average Bonchev–Trinajstić information content (AvgIpc) is 3.45. The maximum absolute atomic E-state index is 13.1. The van der Waals surface area contributed by atoms with E-state index in [4.69, 9.17) is 26.9 Å². The van der Waals surface area contributed by atoms with Crippen molar-refractivity contribution in [1.29, 1.82) is 0 Å². The van der Waals surface area contributed by atoms with Gasteiger partial charge < -0.3 is 31.8 Å². The lowest BCUT2D eigenvalue weighted by Crippen LogP contribution is -2.25. The summed E-state index contributed by atoms with van der Waals surface area (Å²) in [6, 6.07) is 28.2. The maximum Gasteiger partial charge on any atom is 0.251 e. The molecule has 0 saturated heterocycles. The number of aromatic nitrogens is 3. The van der Waals surface area contributed by atoms with Crippen molar-refractivity contribution in [3.05, 3.63) is 121 Å². The first-order valence-corrected chi connectivity index (χ1v) is 15.4. The van der Waals surface area contributed by atoms with E-state index in [1.165, 1.54) is 0 Å². The number of para-hydroxylation sites is 1. The summed E-state index contributed by atoms with van der Waals surface area (Å²) < 4.78 is 8.18. The van der Waals surface area contributed by atoms with Crippen LogP contribution in [-0.4, -0.2) is 39.5 Å². The summed E-state index contributed by atoms with van der Waals surface area (Å²) >= 11 is 0. The van der Waals surface area contributed by atoms with Gasteiger partial charge in [-0.05, 0) is 67.4 Å². The molecule has 0 aliphatic heterocycles. The lowest BCUT2D eigenvalue weighted by atomic mass is 10.1. The van der Waals surface area contributed by atoms with Gasteiger partial charge in [0.05, 0.1) is 17.1 Å². The lowest BCUT2D eigenvalue weighted by molar-refractivity contribution is 0.0954. The number of ether oxygens (including phenoxy) is 1. The van der Waals surface area contributed by atoms with Gasteiger partial charge in [0.25, 0.3) is 5.91 Å². The van der Waals surface area contributed by atoms with Gasteiger partial charge >= 0.3 is 0 Å². The van der Waals surface area contributed by atoms with E-state index in [1.807, 2.05) is 92.7 Å². The molecule has 46 heavy (non-hydrogen) atoms. The molecule has 5 rings (SSSR count). The zero-order chi connectivity index (χ0) is 32.9. The SMILES string of the molecule is C=C(N)[C@@H](CCCN=C(N)N)n1c(-c2cccc(Oc3ccccc3)c2)nc2cc(C(=O)NCCc3ccccn3)ccc21.CC. The molecule has 5 aromatic rings. The summed E-state index contributed by atoms with van der Waals surface area (Å²) in [7, 11) is 0. The van der Waals surface area contributed by atoms with Crippen LogP contribution in [0.1, 0.15) is 48.8 Å². The normalized spacial score (nSPS) is 11.2. The predicted molar refractivity (Wildman–Crippen MR) is 186 cm³/mol. The first-order chi connectivity index (χ1) is 22.4. The number of aliphatic imine (C=N–C) groups is 1. The molecular formula is C36H42N8O2. The average molecular weight is 619 g/mol. The van der Waals surface area contributed by atoms with Crippen LogP contribution in [0.4, 0.5) is 0 Å². The fourth-order valence-corrected chi connectivity index (χ4v) is 5.01. The zero-order valence-corrected chi connectivity index (χ0v) is 26.4. The fourth-order valence-electron chi connectivity index (χ4n) is 5.01. The summed E-state index contributed by atoms with van der Waals surface area (Å²) in [6.45, 7) is 9.02. The Labute approximate surface area is 270 Å². The molecule has 10 heteroatoms. The number of amides is 1. The molecule has 0 fully saturated rings. The summed E-state index contributed by atoms with van der Waals surface area (Å²) in [4.78, 5) is 26.5. The smallest absolute Gasteiger partial charge is 0.251 e. The van der Waals surface area contributed by atoms with Crippen LogP contribution in [-0.2, 0) is 6.42 Å². The van der Waals surface area contributed by atoms with E-state index < -0.39 is 0 Å². The third-order valence-electron chi connectivity index (χ3n) is 7.09. The number of nitrogens with zero attached hydrogens (tertiary/aromatic N) is 4. The molecule has 1 atom stereocenters. The van der Waals surface area contributed by atoms with Gasteiger partial charge in [0.15, 0.2) is 5.96 Å². The highest BCUT2D eigenvalue weighted by molar-refractivity contribution is 5.98. The summed E-state index contributed by atoms with van der Waals surface area (Å²) in [5, 5.41) is 2.98. The van der Waals surface area contributed by atoms with Crippen LogP contribution in [0.25, 0.3) is 22.4 Å². The van der Waals surface area contributed by atoms with Gasteiger partial charge in [0.2, 0.25) is 0 Å². The number of rotatable bonds is 13. The molecule has 0 aliphatic rings. The van der Waals surface area contributed by atoms with E-state index in [1.54, 1.807) is 18.3 Å². The summed E-state index contributed by atoms with van der Waals surface area (Å²) in [5.41, 5.74) is 21.7. The minimum absolute atomic E-state index is 0.0444. The highest BCUT2D eigenvalue weighted by Gasteiger charge is 2.23. The van der Waals surface area contributed by atoms with Crippen LogP contribution >= 0.6 is 0 Å². The molecule has 0 spiro atoms. The molecule has 0 aliphatic carbocycles. The third-order valence-corrected chi connectivity index (χ3v) is 7.09. The number of fused-ring (bicyclic) bond motifs is 1. The van der Waals surface area contributed by atoms with E-state index >= 15 is 0 Å². The monoisotopic (exact) mass is 618 g/mol. The number of hydrogen-bond donors (Lipinski definition) is 4. The Bertz CT molecular complexity index is 1760. The van der Waals surface area contributed by atoms with Crippen molar-refractivity contribution in [2.24, 2.45) is 22.2 Å². The summed E-state index contributed by atoms with van der Waals surface area (Å²) in [5.74, 6) is 1.92. The van der Waals surface area contributed by atoms with Crippen molar-refractivity contribution >= 4 is 22.9 Å². The van der Waals surface area contributed by atoms with Crippen LogP contribution < -0.4 is 27.3 Å². The highest BCUT2D eigenvalue weighted by atomic mass is 16.5. The molecule has 0 unspecified atom stereocenters. The Morgan fingerprint density at radius 1 is 0.957 bits per heavy atom. The summed E-state index contributed by atoms with van der Waals surface area (Å²) in [6.07, 6.45) is 3.67. The number of imidazole rings is 1. The second-order valence-corrected chi connectivity index (χ2v) is 10.3. The molecule has 0 saturated carbocycles. The molecular weight excluding hydrogens is 576 g/mol. The van der Waals surface area contributed by atoms with Gasteiger partial charge in [-0.2, -0.15) is 0 Å². The molecule has 2 aromatic heterocycles. The minimum atomic E-state index is -0.305. The van der Waals surface area contributed by atoms with Crippen molar-refractivity contribution in [3.8, 4) is 22.9 Å². The molecule has 7 N–H and O–H groups in total. The number of carbonyl (C=O) groups excluding carboxylic acids is 1. The molecule has 0 bridgehead atoms. The van der Waals surface area contributed by atoms with E-state index in [0.717, 1.165) is 22.5 Å². The van der Waals surface area contributed by atoms with E-state index in [0.29, 0.717) is 60.7 Å². The highest BCUT2D eigenvalue weighted by Crippen LogP contribution is 2.35. The lowest BCUT2D eigenvalue weighted by Gasteiger charge is -2.22. The van der Waals surface area contributed by atoms with Crippen molar-refractivity contribution in [2.45, 2.75) is 39.2 Å². The van der Waals surface area contributed by atoms with Crippen LogP contribution in [0.15, 0.2) is 114 Å². The number of allylic oxidation sites excluding steroid dienone is 1. The van der Waals surface area contributed by atoms with Gasteiger partial charge in [0.1, 0.15) is 17.3 Å². The van der Waals surface area contributed by atoms with Crippen LogP contribution in [0.2, 0.25) is 0 Å². The van der Waals surface area contributed by atoms with Crippen LogP contribution in [0.3, 0.4) is 0 Å². The molecule has 3 aromatic carbocycles. The predicted octanol–water partition coefficient (Wildman–Crippen LogP) is 5.96. The molecule has 0 radical (unpaired) electrons. The Morgan fingerprint density at radius 3 is 2.43 bits per heavy atom. The topological polar surface area (TPSA) is 159 Å². The number of pyridine rings is 1. The van der Waals surface area contributed by atoms with Gasteiger partial charge in [-0.1, -0.05) is 56.8 Å². The Hall–Kier alpha value is -5.64. The number of benzene rings is 3. The maximum atomic E-state index is 13.1. The number of guanidine groups is 1. The quantitative estimate of drug-likeness (QED) is 0.0720. The molecule has 238 valence electrons. The Morgan fingerprint density at radius 2 is 1.72 bits per heavy atom. The number of nitrogens with one attached hydrogen (secondary N) is 1. The van der Waals surface area contributed by atoms with Crippen molar-refractivity contribution in [2.75, 3.05) is 13.1 Å². The fraction of sp³-hybridized carbons (Fsp3) is 0.222. The number of nitrogens with two attached hydrogens (primary N) is 3. The second-order valence-electron chi connectivity index (χ2n) is 10.3. The van der Waals surface area contributed by atoms with Gasteiger partial charge in [-0.3, -0.25) is 14.8 Å². The Balaban J connectivity index is 0.00000235. The van der Waals surface area contributed by atoms with E-state index in [9.17, 15) is 4.79 Å². The largest absolute Gasteiger partial charge is 0.457 e. The van der Waals surface area contributed by atoms with Gasteiger partial charge in [0, 0.05) is 48.2 Å². The second kappa shape index (κ2) is 16.4. The van der Waals surface area contributed by atoms with E-state index in [2.05, 4.69) is 26.4 Å². The van der Waals surface area contributed by atoms with Crippen molar-refractivity contribution < 1.29 is 9.53 Å². The number of carbonyl (C=O) groups is 1. The number of hydrogen-bond acceptors (Lipinski definition) is 6. The van der Waals surface area contributed by atoms with Crippen molar-refractivity contribution in [1.82, 2.24) is 19.9 Å². The van der Waals surface area contributed by atoms with E-state index in [-0.39, 0.29) is 17.9 Å². The minimum Gasteiger partial charge on any atom is -0.457 e. The molecule has 1 amide bonds. The molecule has 2 heterocycles. The first kappa shape index (κ1) is 33.3. The van der Waals surface area contributed by atoms with Crippen molar-refractivity contribution in [3.63, 3.8) is 0 Å². The van der Waals surface area contributed by atoms with Crippen LogP contribution in [0, 0.1) is 0 Å². The third kappa shape index (κ3) is 8.72. The zero-order valence-electron chi connectivity index (χ0n) is 26.4. The molecule has 10 nitrogen and oxygen atoms in total. The standard InChI is InChI=1S/C34H36N8O2.C2H6/c1-23(35)30(14-8-19-40-34(36)37)42-31-16-15-25(33(43)39-20-17-26-10-5-6-18-38-26)22-29(31)41-32(42)24-9-7-13-28(21-24)44-27-11-3-2-4-12-27;1-2/h2-7,9-13,15-16,18,21-22,30H,1,8,14,17,19-20,35H2,(H,39,43)(H4,36,37,40);1-2H3/t30-;/m1./s1.